The van der Waals surface area contributed by atoms with Gasteiger partial charge in [-0.2, -0.15) is 0 Å². The Morgan fingerprint density at radius 3 is 2.50 bits per heavy atom. The third-order valence-corrected chi connectivity index (χ3v) is 3.69. The molecular weight excluding hydrogens is 234 g/mol. The Balaban J connectivity index is 1.65. The van der Waals surface area contributed by atoms with Crippen LogP contribution in [-0.4, -0.2) is 55.1 Å². The average molecular weight is 255 g/mol. The lowest BCUT2D eigenvalue weighted by Crippen LogP contribution is -2.58. The quantitative estimate of drug-likeness (QED) is 0.691. The SMILES string of the molecule is NC1(C(=O)NCCC(=O)N2CCOCC2)CCC1. The predicted octanol–water partition coefficient (Wildman–Crippen LogP) is -0.767. The van der Waals surface area contributed by atoms with Crippen LogP contribution in [0, 0.1) is 0 Å². The van der Waals surface area contributed by atoms with Gasteiger partial charge in [0.05, 0.1) is 18.8 Å². The molecule has 0 aromatic carbocycles. The summed E-state index contributed by atoms with van der Waals surface area (Å²) >= 11 is 0. The summed E-state index contributed by atoms with van der Waals surface area (Å²) < 4.78 is 5.18. The van der Waals surface area contributed by atoms with Crippen molar-refractivity contribution in [2.45, 2.75) is 31.2 Å². The van der Waals surface area contributed by atoms with Gasteiger partial charge in [0.1, 0.15) is 0 Å². The molecule has 0 aromatic heterocycles. The van der Waals surface area contributed by atoms with Gasteiger partial charge in [0.25, 0.3) is 0 Å². The molecule has 0 spiro atoms. The van der Waals surface area contributed by atoms with E-state index in [9.17, 15) is 9.59 Å². The number of ether oxygens (including phenoxy) is 1. The van der Waals surface area contributed by atoms with Crippen molar-refractivity contribution in [1.29, 1.82) is 0 Å². The molecule has 0 atom stereocenters. The molecule has 102 valence electrons. The van der Waals surface area contributed by atoms with Crippen molar-refractivity contribution in [3.05, 3.63) is 0 Å². The fourth-order valence-corrected chi connectivity index (χ4v) is 2.21. The van der Waals surface area contributed by atoms with Gasteiger partial charge in [-0.05, 0) is 19.3 Å². The van der Waals surface area contributed by atoms with Gasteiger partial charge in [0.15, 0.2) is 0 Å². The van der Waals surface area contributed by atoms with Gasteiger partial charge in [-0.25, -0.2) is 0 Å². The molecule has 0 radical (unpaired) electrons. The van der Waals surface area contributed by atoms with Crippen LogP contribution in [-0.2, 0) is 14.3 Å². The lowest BCUT2D eigenvalue weighted by molar-refractivity contribution is -0.135. The molecular formula is C12H21N3O3. The molecule has 6 heteroatoms. The highest BCUT2D eigenvalue weighted by Crippen LogP contribution is 2.28. The number of carbonyl (C=O) groups is 2. The van der Waals surface area contributed by atoms with E-state index < -0.39 is 5.54 Å². The van der Waals surface area contributed by atoms with Gasteiger partial charge in [-0.15, -0.1) is 0 Å². The number of hydrogen-bond donors (Lipinski definition) is 2. The van der Waals surface area contributed by atoms with Crippen LogP contribution < -0.4 is 11.1 Å². The van der Waals surface area contributed by atoms with Crippen LogP contribution in [0.15, 0.2) is 0 Å². The maximum Gasteiger partial charge on any atom is 0.240 e. The third kappa shape index (κ3) is 3.00. The zero-order valence-electron chi connectivity index (χ0n) is 10.6. The number of rotatable bonds is 4. The summed E-state index contributed by atoms with van der Waals surface area (Å²) in [6.45, 7) is 2.86. The molecule has 0 unspecified atom stereocenters. The summed E-state index contributed by atoms with van der Waals surface area (Å²) in [7, 11) is 0. The minimum absolute atomic E-state index is 0.0679. The predicted molar refractivity (Wildman–Crippen MR) is 65.8 cm³/mol. The number of morpholine rings is 1. The van der Waals surface area contributed by atoms with E-state index in [-0.39, 0.29) is 11.8 Å². The molecule has 2 fully saturated rings. The first-order valence-corrected chi connectivity index (χ1v) is 6.54. The fraction of sp³-hybridized carbons (Fsp3) is 0.833. The Bertz CT molecular complexity index is 323. The van der Waals surface area contributed by atoms with E-state index >= 15 is 0 Å². The largest absolute Gasteiger partial charge is 0.378 e. The van der Waals surface area contributed by atoms with Crippen molar-refractivity contribution in [1.82, 2.24) is 10.2 Å². The second kappa shape index (κ2) is 5.67. The molecule has 1 aliphatic carbocycles. The Hall–Kier alpha value is -1.14. The van der Waals surface area contributed by atoms with E-state index in [1.54, 1.807) is 4.90 Å². The van der Waals surface area contributed by atoms with Crippen molar-refractivity contribution in [3.8, 4) is 0 Å². The molecule has 2 rings (SSSR count). The second-order valence-corrected chi connectivity index (χ2v) is 5.01. The van der Waals surface area contributed by atoms with Crippen molar-refractivity contribution >= 4 is 11.8 Å². The average Bonchev–Trinajstić information content (AvgIpc) is 2.36. The molecule has 1 saturated carbocycles. The standard InChI is InChI=1S/C12H21N3O3/c13-12(3-1-4-12)11(17)14-5-2-10(16)15-6-8-18-9-7-15/h1-9,13H2,(H,14,17). The summed E-state index contributed by atoms with van der Waals surface area (Å²) in [6.07, 6.45) is 2.84. The molecule has 6 nitrogen and oxygen atoms in total. The maximum absolute atomic E-state index is 11.8. The van der Waals surface area contributed by atoms with Gasteiger partial charge in [-0.3, -0.25) is 9.59 Å². The van der Waals surface area contributed by atoms with Gasteiger partial charge in [0.2, 0.25) is 11.8 Å². The summed E-state index contributed by atoms with van der Waals surface area (Å²) in [5.41, 5.74) is 5.20. The topological polar surface area (TPSA) is 84.7 Å². The van der Waals surface area contributed by atoms with E-state index in [1.807, 2.05) is 0 Å². The second-order valence-electron chi connectivity index (χ2n) is 5.01. The van der Waals surface area contributed by atoms with Crippen molar-refractivity contribution in [3.63, 3.8) is 0 Å². The third-order valence-electron chi connectivity index (χ3n) is 3.69. The van der Waals surface area contributed by atoms with Gasteiger partial charge < -0.3 is 20.7 Å². The number of amides is 2. The van der Waals surface area contributed by atoms with Crippen LogP contribution in [0.3, 0.4) is 0 Å². The first kappa shape index (κ1) is 13.3. The fourth-order valence-electron chi connectivity index (χ4n) is 2.21. The first-order valence-electron chi connectivity index (χ1n) is 6.54. The smallest absolute Gasteiger partial charge is 0.240 e. The van der Waals surface area contributed by atoms with Gasteiger partial charge >= 0.3 is 0 Å². The van der Waals surface area contributed by atoms with E-state index in [2.05, 4.69) is 5.32 Å². The minimum atomic E-state index is -0.679. The van der Waals surface area contributed by atoms with Crippen molar-refractivity contribution in [2.24, 2.45) is 5.73 Å². The summed E-state index contributed by atoms with van der Waals surface area (Å²) in [6, 6.07) is 0. The van der Waals surface area contributed by atoms with Crippen LogP contribution >= 0.6 is 0 Å². The molecule has 0 bridgehead atoms. The molecule has 0 aromatic rings. The number of hydrogen-bond acceptors (Lipinski definition) is 4. The summed E-state index contributed by atoms with van der Waals surface area (Å²) in [4.78, 5) is 25.3. The Morgan fingerprint density at radius 2 is 1.94 bits per heavy atom. The van der Waals surface area contributed by atoms with Crippen LogP contribution in [0.1, 0.15) is 25.7 Å². The number of nitrogens with zero attached hydrogens (tertiary/aromatic N) is 1. The molecule has 3 N–H and O–H groups in total. The monoisotopic (exact) mass is 255 g/mol. The van der Waals surface area contributed by atoms with Crippen molar-refractivity contribution in [2.75, 3.05) is 32.8 Å². The molecule has 1 aliphatic heterocycles. The lowest BCUT2D eigenvalue weighted by atomic mass is 9.77. The summed E-state index contributed by atoms with van der Waals surface area (Å²) in [5, 5.41) is 2.75. The zero-order chi connectivity index (χ0) is 13.0. The minimum Gasteiger partial charge on any atom is -0.378 e. The van der Waals surface area contributed by atoms with Gasteiger partial charge in [-0.1, -0.05) is 0 Å². The van der Waals surface area contributed by atoms with E-state index in [1.165, 1.54) is 0 Å². The van der Waals surface area contributed by atoms with E-state index in [0.29, 0.717) is 39.3 Å². The number of nitrogens with one attached hydrogen (secondary N) is 1. The van der Waals surface area contributed by atoms with Crippen LogP contribution in [0.25, 0.3) is 0 Å². The highest BCUT2D eigenvalue weighted by molar-refractivity contribution is 5.87. The van der Waals surface area contributed by atoms with Crippen LogP contribution in [0.2, 0.25) is 0 Å². The molecule has 1 heterocycles. The highest BCUT2D eigenvalue weighted by Gasteiger charge is 2.39. The Labute approximate surface area is 107 Å². The van der Waals surface area contributed by atoms with E-state index in [0.717, 1.165) is 19.3 Å². The highest BCUT2D eigenvalue weighted by atomic mass is 16.5. The Kier molecular flexibility index (Phi) is 4.19. The summed E-state index contributed by atoms with van der Waals surface area (Å²) in [5.74, 6) is -0.0539. The van der Waals surface area contributed by atoms with Gasteiger partial charge in [0, 0.05) is 26.1 Å². The van der Waals surface area contributed by atoms with Crippen molar-refractivity contribution < 1.29 is 14.3 Å². The molecule has 2 aliphatic rings. The van der Waals surface area contributed by atoms with Crippen LogP contribution in [0.4, 0.5) is 0 Å². The van der Waals surface area contributed by atoms with E-state index in [4.69, 9.17) is 10.5 Å². The molecule has 1 saturated heterocycles. The normalized spacial score (nSPS) is 22.2. The Morgan fingerprint density at radius 1 is 1.28 bits per heavy atom. The molecule has 18 heavy (non-hydrogen) atoms. The maximum atomic E-state index is 11.8. The zero-order valence-corrected chi connectivity index (χ0v) is 10.6. The first-order chi connectivity index (χ1) is 8.62. The number of nitrogens with two attached hydrogens (primary N) is 1. The number of carbonyl (C=O) groups excluding carboxylic acids is 2. The van der Waals surface area contributed by atoms with Crippen LogP contribution in [0.5, 0.6) is 0 Å². The molecule has 2 amide bonds. The lowest BCUT2D eigenvalue weighted by Gasteiger charge is -2.36.